The maximum atomic E-state index is 12.5. The molecule has 0 unspecified atom stereocenters. The van der Waals surface area contributed by atoms with Crippen LogP contribution in [0.2, 0.25) is 0 Å². The van der Waals surface area contributed by atoms with Crippen molar-refractivity contribution in [3.8, 4) is 0 Å². The van der Waals surface area contributed by atoms with Gasteiger partial charge in [-0.1, -0.05) is 6.42 Å². The van der Waals surface area contributed by atoms with E-state index in [2.05, 4.69) is 9.88 Å². The largest absolute Gasteiger partial charge is 0.396 e. The monoisotopic (exact) mass is 331 g/mol. The molecule has 1 amide bonds. The number of piperidine rings is 1. The molecule has 1 N–H and O–H groups in total. The second kappa shape index (κ2) is 8.58. The molecule has 2 aliphatic heterocycles. The molecule has 1 aromatic heterocycles. The van der Waals surface area contributed by atoms with Gasteiger partial charge in [0.05, 0.1) is 0 Å². The lowest BCUT2D eigenvalue weighted by atomic mass is 9.95. The molecular weight excluding hydrogens is 302 g/mol. The van der Waals surface area contributed by atoms with Crippen molar-refractivity contribution in [2.45, 2.75) is 32.1 Å². The zero-order valence-electron chi connectivity index (χ0n) is 14.4. The molecule has 2 aliphatic rings. The summed E-state index contributed by atoms with van der Waals surface area (Å²) in [4.78, 5) is 21.0. The van der Waals surface area contributed by atoms with Crippen molar-refractivity contribution >= 4 is 5.91 Å². The summed E-state index contributed by atoms with van der Waals surface area (Å²) in [6, 6.07) is 3.93. The Morgan fingerprint density at radius 2 is 1.83 bits per heavy atom. The number of aliphatic hydroxyl groups excluding tert-OH is 1. The van der Waals surface area contributed by atoms with Crippen LogP contribution in [0.3, 0.4) is 0 Å². The van der Waals surface area contributed by atoms with Crippen LogP contribution in [0.1, 0.15) is 31.2 Å². The number of amides is 1. The Balaban J connectivity index is 1.50. The summed E-state index contributed by atoms with van der Waals surface area (Å²) in [5.74, 6) is 0.862. The number of aromatic nitrogens is 1. The normalized spacial score (nSPS) is 25.1. The van der Waals surface area contributed by atoms with E-state index >= 15 is 0 Å². The number of aryl methyl sites for hydroxylation is 1. The van der Waals surface area contributed by atoms with E-state index in [1.54, 1.807) is 12.4 Å². The van der Waals surface area contributed by atoms with Crippen molar-refractivity contribution in [1.82, 2.24) is 14.8 Å². The van der Waals surface area contributed by atoms with Gasteiger partial charge in [0.1, 0.15) is 0 Å². The summed E-state index contributed by atoms with van der Waals surface area (Å²) < 4.78 is 0. The quantitative estimate of drug-likeness (QED) is 0.860. The molecule has 3 rings (SSSR count). The molecule has 0 radical (unpaired) electrons. The van der Waals surface area contributed by atoms with Crippen LogP contribution in [0.25, 0.3) is 0 Å². The van der Waals surface area contributed by atoms with Crippen molar-refractivity contribution in [2.24, 2.45) is 11.8 Å². The van der Waals surface area contributed by atoms with Gasteiger partial charge in [-0.2, -0.15) is 0 Å². The minimum absolute atomic E-state index is 0.187. The Kier molecular flexibility index (Phi) is 6.21. The lowest BCUT2D eigenvalue weighted by molar-refractivity contribution is -0.130. The number of carbonyl (C=O) groups excluding carboxylic acids is 1. The van der Waals surface area contributed by atoms with Gasteiger partial charge in [-0.25, -0.2) is 0 Å². The first kappa shape index (κ1) is 17.4. The molecule has 132 valence electrons. The zero-order chi connectivity index (χ0) is 16.8. The van der Waals surface area contributed by atoms with Crippen molar-refractivity contribution in [1.29, 1.82) is 0 Å². The highest BCUT2D eigenvalue weighted by molar-refractivity contribution is 5.76. The maximum absolute atomic E-state index is 12.5. The third-order valence-corrected chi connectivity index (χ3v) is 5.48. The number of aliphatic hydroxyl groups is 1. The lowest BCUT2D eigenvalue weighted by Crippen LogP contribution is -2.37. The fourth-order valence-electron chi connectivity index (χ4n) is 3.99. The van der Waals surface area contributed by atoms with Crippen LogP contribution >= 0.6 is 0 Å². The molecule has 0 aliphatic carbocycles. The number of carbonyl (C=O) groups is 1. The number of nitrogens with zero attached hydrogens (tertiary/aromatic N) is 3. The summed E-state index contributed by atoms with van der Waals surface area (Å²) in [7, 11) is 0. The van der Waals surface area contributed by atoms with Crippen molar-refractivity contribution in [2.75, 3.05) is 39.3 Å². The standard InChI is InChI=1S/C19H29N3O2/c23-15-18-14-22(13-17(18)12-21-10-2-1-3-11-21)19(24)5-4-16-6-8-20-9-7-16/h6-9,17-18,23H,1-5,10-15H2/t17-,18-/m0/s1. The highest BCUT2D eigenvalue weighted by Gasteiger charge is 2.35. The molecule has 0 bridgehead atoms. The number of likely N-dealkylation sites (tertiary alicyclic amines) is 2. The third kappa shape index (κ3) is 4.54. The van der Waals surface area contributed by atoms with Crippen LogP contribution in [-0.4, -0.2) is 65.1 Å². The van der Waals surface area contributed by atoms with Crippen molar-refractivity contribution < 1.29 is 9.90 Å². The predicted molar refractivity (Wildman–Crippen MR) is 93.5 cm³/mol. The van der Waals surface area contributed by atoms with Crippen LogP contribution in [0.5, 0.6) is 0 Å². The fraction of sp³-hybridized carbons (Fsp3) is 0.684. The van der Waals surface area contributed by atoms with Gasteiger partial charge in [-0.15, -0.1) is 0 Å². The Hall–Kier alpha value is -1.46. The van der Waals surface area contributed by atoms with E-state index in [1.807, 2.05) is 17.0 Å². The molecule has 1 aromatic rings. The van der Waals surface area contributed by atoms with Gasteiger partial charge >= 0.3 is 0 Å². The number of pyridine rings is 1. The highest BCUT2D eigenvalue weighted by Crippen LogP contribution is 2.26. The molecule has 0 aromatic carbocycles. The SMILES string of the molecule is O=C(CCc1ccncc1)N1C[C@@H](CO)[C@@H](CN2CCCCC2)C1. The van der Waals surface area contributed by atoms with E-state index in [0.29, 0.717) is 18.9 Å². The van der Waals surface area contributed by atoms with E-state index in [1.165, 1.54) is 32.4 Å². The van der Waals surface area contributed by atoms with Gasteiger partial charge in [0.15, 0.2) is 0 Å². The Morgan fingerprint density at radius 1 is 1.12 bits per heavy atom. The first-order valence-electron chi connectivity index (χ1n) is 9.26. The first-order chi connectivity index (χ1) is 11.8. The topological polar surface area (TPSA) is 56.7 Å². The summed E-state index contributed by atoms with van der Waals surface area (Å²) in [6.07, 6.45) is 8.75. The van der Waals surface area contributed by atoms with Gasteiger partial charge < -0.3 is 14.9 Å². The van der Waals surface area contributed by atoms with Gasteiger partial charge in [0.25, 0.3) is 0 Å². The molecule has 5 nitrogen and oxygen atoms in total. The van der Waals surface area contributed by atoms with Crippen LogP contribution < -0.4 is 0 Å². The van der Waals surface area contributed by atoms with Gasteiger partial charge in [0.2, 0.25) is 5.91 Å². The van der Waals surface area contributed by atoms with Gasteiger partial charge in [-0.05, 0) is 56.0 Å². The van der Waals surface area contributed by atoms with Crippen LogP contribution in [0, 0.1) is 11.8 Å². The van der Waals surface area contributed by atoms with E-state index in [-0.39, 0.29) is 18.4 Å². The van der Waals surface area contributed by atoms with Crippen LogP contribution in [-0.2, 0) is 11.2 Å². The number of hydrogen-bond acceptors (Lipinski definition) is 4. The number of hydrogen-bond donors (Lipinski definition) is 1. The molecule has 2 fully saturated rings. The molecule has 0 saturated carbocycles. The summed E-state index contributed by atoms with van der Waals surface area (Å²) in [5, 5.41) is 9.71. The average Bonchev–Trinajstić information content (AvgIpc) is 3.04. The Morgan fingerprint density at radius 3 is 2.54 bits per heavy atom. The molecule has 2 atom stereocenters. The Bertz CT molecular complexity index is 517. The highest BCUT2D eigenvalue weighted by atomic mass is 16.3. The second-order valence-corrected chi connectivity index (χ2v) is 7.22. The fourth-order valence-corrected chi connectivity index (χ4v) is 3.99. The van der Waals surface area contributed by atoms with Crippen LogP contribution in [0.15, 0.2) is 24.5 Å². The smallest absolute Gasteiger partial charge is 0.222 e. The lowest BCUT2D eigenvalue weighted by Gasteiger charge is -2.30. The molecule has 3 heterocycles. The summed E-state index contributed by atoms with van der Waals surface area (Å²) >= 11 is 0. The summed E-state index contributed by atoms with van der Waals surface area (Å²) in [5.41, 5.74) is 1.15. The third-order valence-electron chi connectivity index (χ3n) is 5.48. The first-order valence-corrected chi connectivity index (χ1v) is 9.26. The van der Waals surface area contributed by atoms with E-state index < -0.39 is 0 Å². The maximum Gasteiger partial charge on any atom is 0.222 e. The zero-order valence-corrected chi connectivity index (χ0v) is 14.4. The van der Waals surface area contributed by atoms with Crippen molar-refractivity contribution in [3.63, 3.8) is 0 Å². The minimum atomic E-state index is 0.187. The van der Waals surface area contributed by atoms with Gasteiger partial charge in [0, 0.05) is 51.0 Å². The van der Waals surface area contributed by atoms with E-state index in [4.69, 9.17) is 0 Å². The van der Waals surface area contributed by atoms with Crippen LogP contribution in [0.4, 0.5) is 0 Å². The predicted octanol–water partition coefficient (Wildman–Crippen LogP) is 1.57. The Labute approximate surface area is 144 Å². The average molecular weight is 331 g/mol. The molecule has 5 heteroatoms. The molecule has 24 heavy (non-hydrogen) atoms. The molecule has 2 saturated heterocycles. The van der Waals surface area contributed by atoms with Gasteiger partial charge in [-0.3, -0.25) is 9.78 Å². The number of rotatable bonds is 6. The molecular formula is C19H29N3O2. The van der Waals surface area contributed by atoms with E-state index in [0.717, 1.165) is 25.1 Å². The summed E-state index contributed by atoms with van der Waals surface area (Å²) in [6.45, 7) is 5.07. The van der Waals surface area contributed by atoms with Crippen molar-refractivity contribution in [3.05, 3.63) is 30.1 Å². The minimum Gasteiger partial charge on any atom is -0.396 e. The second-order valence-electron chi connectivity index (χ2n) is 7.22. The molecule has 0 spiro atoms. The van der Waals surface area contributed by atoms with E-state index in [9.17, 15) is 9.90 Å².